The van der Waals surface area contributed by atoms with Crippen LogP contribution in [-0.2, 0) is 14.9 Å². The first-order valence-corrected chi connectivity index (χ1v) is 9.97. The first kappa shape index (κ1) is 16.8. The van der Waals surface area contributed by atoms with E-state index in [0.29, 0.717) is 18.1 Å². The lowest BCUT2D eigenvalue weighted by Gasteiger charge is -2.30. The molecular weight excluding hydrogens is 340 g/mol. The maximum atomic E-state index is 12.5. The smallest absolute Gasteiger partial charge is 0.340 e. The normalized spacial score (nSPS) is 24.5. The summed E-state index contributed by atoms with van der Waals surface area (Å²) in [7, 11) is 0. The fourth-order valence-electron chi connectivity index (χ4n) is 4.65. The summed E-state index contributed by atoms with van der Waals surface area (Å²) in [5.74, 6) is 0.163. The molecule has 0 radical (unpaired) electrons. The Labute approximate surface area is 158 Å². The first-order chi connectivity index (χ1) is 13.1. The average Bonchev–Trinajstić information content (AvgIpc) is 3.60. The van der Waals surface area contributed by atoms with Gasteiger partial charge in [0.1, 0.15) is 0 Å². The van der Waals surface area contributed by atoms with Crippen molar-refractivity contribution in [1.82, 2.24) is 4.40 Å². The largest absolute Gasteiger partial charge is 0.462 e. The summed E-state index contributed by atoms with van der Waals surface area (Å²) in [5, 5.41) is 9.72. The van der Waals surface area contributed by atoms with Crippen molar-refractivity contribution in [2.24, 2.45) is 0 Å². The van der Waals surface area contributed by atoms with E-state index in [9.17, 15) is 10.1 Å². The molecule has 5 heteroatoms. The van der Waals surface area contributed by atoms with E-state index in [-0.39, 0.29) is 11.6 Å². The van der Waals surface area contributed by atoms with Gasteiger partial charge in [-0.25, -0.2) is 4.79 Å². The molecule has 5 rings (SSSR count). The number of esters is 1. The highest BCUT2D eigenvalue weighted by Crippen LogP contribution is 2.52. The number of fused-ring (bicyclic) bond motifs is 1. The van der Waals surface area contributed by atoms with Crippen LogP contribution in [0.25, 0.3) is 5.52 Å². The van der Waals surface area contributed by atoms with Crippen LogP contribution < -0.4 is 0 Å². The van der Waals surface area contributed by atoms with Gasteiger partial charge in [0.2, 0.25) is 0 Å². The topological polar surface area (TPSA) is 63.7 Å². The molecule has 140 valence electrons. The molecule has 1 unspecified atom stereocenters. The maximum Gasteiger partial charge on any atom is 0.340 e. The molecule has 0 aromatic carbocycles. The number of hydrogen-bond donors (Lipinski definition) is 0. The number of ether oxygens (including phenoxy) is 2. The van der Waals surface area contributed by atoms with E-state index in [1.807, 2.05) is 17.5 Å². The highest BCUT2D eigenvalue weighted by atomic mass is 16.5. The van der Waals surface area contributed by atoms with Crippen LogP contribution in [-0.4, -0.2) is 29.2 Å². The lowest BCUT2D eigenvalue weighted by atomic mass is 9.88. The van der Waals surface area contributed by atoms with Crippen molar-refractivity contribution in [1.29, 1.82) is 5.26 Å². The number of hydrogen-bond acceptors (Lipinski definition) is 4. The Bertz CT molecular complexity index is 960. The second-order valence-corrected chi connectivity index (χ2v) is 8.31. The number of nitriles is 1. The van der Waals surface area contributed by atoms with Gasteiger partial charge in [-0.05, 0) is 63.0 Å². The van der Waals surface area contributed by atoms with Gasteiger partial charge in [-0.2, -0.15) is 5.26 Å². The Balaban J connectivity index is 1.57. The minimum Gasteiger partial charge on any atom is -0.462 e. The fourth-order valence-corrected chi connectivity index (χ4v) is 4.65. The number of carbonyl (C=O) groups is 1. The number of nitrogens with zero attached hydrogens (tertiary/aromatic N) is 2. The SMILES string of the molecule is CCOC(=O)c1cn2cc(C3CCOC4(CC4)C3)ccc2c1C1(C#N)CC1. The van der Waals surface area contributed by atoms with Crippen LogP contribution in [0.5, 0.6) is 0 Å². The lowest BCUT2D eigenvalue weighted by Crippen LogP contribution is -2.26. The average molecular weight is 364 g/mol. The van der Waals surface area contributed by atoms with Gasteiger partial charge in [-0.1, -0.05) is 6.07 Å². The van der Waals surface area contributed by atoms with Gasteiger partial charge in [0.05, 0.1) is 34.8 Å². The zero-order valence-corrected chi connectivity index (χ0v) is 15.7. The van der Waals surface area contributed by atoms with Crippen molar-refractivity contribution in [3.05, 3.63) is 41.2 Å². The third-order valence-corrected chi connectivity index (χ3v) is 6.50. The van der Waals surface area contributed by atoms with Crippen molar-refractivity contribution in [2.75, 3.05) is 13.2 Å². The highest BCUT2D eigenvalue weighted by molar-refractivity contribution is 5.95. The number of aromatic nitrogens is 1. The molecule has 1 atom stereocenters. The molecule has 3 fully saturated rings. The standard InChI is InChI=1S/C22H24N2O3/c1-2-26-20(25)17-13-24-12-16(15-5-10-27-22(11-15)8-9-22)3-4-18(24)19(17)21(14-23)6-7-21/h3-4,12-13,15H,2,5-11H2,1H3. The number of carbonyl (C=O) groups excluding carboxylic acids is 1. The van der Waals surface area contributed by atoms with Gasteiger partial charge in [-0.15, -0.1) is 0 Å². The quantitative estimate of drug-likeness (QED) is 0.766. The first-order valence-electron chi connectivity index (χ1n) is 9.97. The zero-order valence-electron chi connectivity index (χ0n) is 15.7. The van der Waals surface area contributed by atoms with Crippen molar-refractivity contribution >= 4 is 11.5 Å². The minimum atomic E-state index is -0.533. The van der Waals surface area contributed by atoms with E-state index in [4.69, 9.17) is 9.47 Å². The predicted octanol–water partition coefficient (Wildman–Crippen LogP) is 4.10. The lowest BCUT2D eigenvalue weighted by molar-refractivity contribution is -0.0132. The Kier molecular flexibility index (Phi) is 3.64. The van der Waals surface area contributed by atoms with Gasteiger partial charge in [0.25, 0.3) is 0 Å². The molecule has 3 heterocycles. The van der Waals surface area contributed by atoms with Crippen LogP contribution in [0.15, 0.2) is 24.5 Å². The molecule has 0 bridgehead atoms. The van der Waals surface area contributed by atoms with Gasteiger partial charge in [0.15, 0.2) is 0 Å². The predicted molar refractivity (Wildman–Crippen MR) is 99.8 cm³/mol. The molecule has 1 aliphatic heterocycles. The van der Waals surface area contributed by atoms with Gasteiger partial charge < -0.3 is 13.9 Å². The molecule has 1 spiro atoms. The van der Waals surface area contributed by atoms with Crippen LogP contribution in [0, 0.1) is 11.3 Å². The molecule has 5 nitrogen and oxygen atoms in total. The highest BCUT2D eigenvalue weighted by Gasteiger charge is 2.50. The summed E-state index contributed by atoms with van der Waals surface area (Å²) in [6.07, 6.45) is 10.1. The molecule has 0 N–H and O–H groups in total. The molecule has 2 aromatic heterocycles. The second kappa shape index (κ2) is 5.84. The summed E-state index contributed by atoms with van der Waals surface area (Å²) in [6, 6.07) is 6.70. The van der Waals surface area contributed by atoms with Crippen LogP contribution in [0.4, 0.5) is 0 Å². The third-order valence-electron chi connectivity index (χ3n) is 6.50. The Hall–Kier alpha value is -2.32. The summed E-state index contributed by atoms with van der Waals surface area (Å²) < 4.78 is 13.3. The van der Waals surface area contributed by atoms with E-state index < -0.39 is 5.41 Å². The Morgan fingerprint density at radius 2 is 2.15 bits per heavy atom. The molecule has 0 amide bonds. The zero-order chi connectivity index (χ0) is 18.6. The van der Waals surface area contributed by atoms with Crippen LogP contribution in [0.3, 0.4) is 0 Å². The van der Waals surface area contributed by atoms with E-state index >= 15 is 0 Å². The van der Waals surface area contributed by atoms with Gasteiger partial charge >= 0.3 is 5.97 Å². The number of rotatable bonds is 4. The number of pyridine rings is 1. The summed E-state index contributed by atoms with van der Waals surface area (Å²) in [4.78, 5) is 12.5. The van der Waals surface area contributed by atoms with Crippen LogP contribution >= 0.6 is 0 Å². The van der Waals surface area contributed by atoms with E-state index in [0.717, 1.165) is 43.4 Å². The van der Waals surface area contributed by atoms with Gasteiger partial charge in [-0.3, -0.25) is 0 Å². The molecule has 27 heavy (non-hydrogen) atoms. The van der Waals surface area contributed by atoms with Gasteiger partial charge in [0, 0.05) is 24.6 Å². The van der Waals surface area contributed by atoms with Crippen LogP contribution in [0.2, 0.25) is 0 Å². The molecule has 2 saturated carbocycles. The Morgan fingerprint density at radius 3 is 2.81 bits per heavy atom. The molecule has 2 aliphatic carbocycles. The molecule has 2 aromatic rings. The van der Waals surface area contributed by atoms with Crippen LogP contribution in [0.1, 0.15) is 72.9 Å². The summed E-state index contributed by atoms with van der Waals surface area (Å²) >= 11 is 0. The van der Waals surface area contributed by atoms with Crippen molar-refractivity contribution < 1.29 is 14.3 Å². The molecule has 1 saturated heterocycles. The summed E-state index contributed by atoms with van der Waals surface area (Å²) in [5.41, 5.74) is 3.23. The second-order valence-electron chi connectivity index (χ2n) is 8.31. The maximum absolute atomic E-state index is 12.5. The third kappa shape index (κ3) is 2.66. The minimum absolute atomic E-state index is 0.134. The monoisotopic (exact) mass is 364 g/mol. The molecule has 3 aliphatic rings. The Morgan fingerprint density at radius 1 is 1.33 bits per heavy atom. The summed E-state index contributed by atoms with van der Waals surface area (Å²) in [6.45, 7) is 2.96. The van der Waals surface area contributed by atoms with E-state index in [2.05, 4.69) is 24.4 Å². The van der Waals surface area contributed by atoms with E-state index in [1.165, 1.54) is 18.4 Å². The van der Waals surface area contributed by atoms with Crippen molar-refractivity contribution in [3.63, 3.8) is 0 Å². The van der Waals surface area contributed by atoms with Crippen molar-refractivity contribution in [2.45, 2.75) is 62.4 Å². The van der Waals surface area contributed by atoms with E-state index in [1.54, 1.807) is 0 Å². The fraction of sp³-hybridized carbons (Fsp3) is 0.545. The molecular formula is C22H24N2O3. The van der Waals surface area contributed by atoms with Crippen molar-refractivity contribution in [3.8, 4) is 6.07 Å².